The molecule has 7 heteroatoms. The van der Waals surface area contributed by atoms with Crippen molar-refractivity contribution in [2.45, 2.75) is 6.92 Å². The fourth-order valence-electron chi connectivity index (χ4n) is 2.46. The fraction of sp³-hybridized carbons (Fsp3) is 0.105. The van der Waals surface area contributed by atoms with Gasteiger partial charge in [-0.05, 0) is 37.3 Å². The third kappa shape index (κ3) is 3.75. The number of carbonyl (C=O) groups excluding carboxylic acids is 1. The van der Waals surface area contributed by atoms with Crippen molar-refractivity contribution in [2.75, 3.05) is 18.2 Å². The second-order valence-electron chi connectivity index (χ2n) is 5.66. The highest BCUT2D eigenvalue weighted by Gasteiger charge is 2.13. The lowest BCUT2D eigenvalue weighted by atomic mass is 10.1. The maximum absolute atomic E-state index is 12.3. The molecule has 3 N–H and O–H groups in total. The van der Waals surface area contributed by atoms with Crippen LogP contribution in [0.1, 0.15) is 15.9 Å². The Bertz CT molecular complexity index is 958. The van der Waals surface area contributed by atoms with Crippen LogP contribution in [0.5, 0.6) is 5.75 Å². The first kappa shape index (κ1) is 17.7. The Morgan fingerprint density at radius 3 is 2.54 bits per heavy atom. The number of hydrogen-bond acceptors (Lipinski definition) is 5. The van der Waals surface area contributed by atoms with Crippen LogP contribution in [0.4, 0.5) is 11.6 Å². The number of amides is 1. The van der Waals surface area contributed by atoms with Crippen LogP contribution in [-0.4, -0.2) is 23.0 Å². The van der Waals surface area contributed by atoms with Crippen LogP contribution in [0.15, 0.2) is 48.7 Å². The topological polar surface area (TPSA) is 90.1 Å². The van der Waals surface area contributed by atoms with Gasteiger partial charge in [-0.2, -0.15) is 0 Å². The van der Waals surface area contributed by atoms with Crippen LogP contribution in [-0.2, 0) is 0 Å². The van der Waals surface area contributed by atoms with Gasteiger partial charge in [-0.15, -0.1) is 0 Å². The monoisotopic (exact) mass is 368 g/mol. The molecule has 26 heavy (non-hydrogen) atoms. The zero-order valence-corrected chi connectivity index (χ0v) is 15.0. The van der Waals surface area contributed by atoms with Crippen LogP contribution in [0.3, 0.4) is 0 Å². The smallest absolute Gasteiger partial charge is 0.256 e. The van der Waals surface area contributed by atoms with Gasteiger partial charge in [-0.3, -0.25) is 4.79 Å². The highest BCUT2D eigenvalue weighted by Crippen LogP contribution is 2.34. The highest BCUT2D eigenvalue weighted by atomic mass is 35.5. The number of aryl methyl sites for hydroxylation is 1. The molecule has 0 aliphatic heterocycles. The normalized spacial score (nSPS) is 10.4. The van der Waals surface area contributed by atoms with Crippen molar-refractivity contribution in [3.63, 3.8) is 0 Å². The van der Waals surface area contributed by atoms with Gasteiger partial charge in [0.15, 0.2) is 0 Å². The Hall–Kier alpha value is -3.12. The molecule has 0 bridgehead atoms. The van der Waals surface area contributed by atoms with E-state index in [0.717, 1.165) is 5.56 Å². The molecule has 0 aliphatic carbocycles. The lowest BCUT2D eigenvalue weighted by Gasteiger charge is -2.12. The van der Waals surface area contributed by atoms with E-state index in [4.69, 9.17) is 22.1 Å². The second-order valence-corrected chi connectivity index (χ2v) is 6.04. The van der Waals surface area contributed by atoms with Gasteiger partial charge in [0, 0.05) is 16.7 Å². The molecule has 0 atom stereocenters. The third-order valence-electron chi connectivity index (χ3n) is 3.82. The highest BCUT2D eigenvalue weighted by molar-refractivity contribution is 6.29. The minimum Gasteiger partial charge on any atom is -0.494 e. The minimum atomic E-state index is -0.255. The molecule has 0 fully saturated rings. The summed E-state index contributed by atoms with van der Waals surface area (Å²) >= 11 is 5.97. The summed E-state index contributed by atoms with van der Waals surface area (Å²) in [6, 6.07) is 12.3. The summed E-state index contributed by atoms with van der Waals surface area (Å²) < 4.78 is 5.30. The standard InChI is InChI=1S/C19H17ClN4O2/c1-11-3-5-12(6-4-11)19(25)24-17-8-7-13(18(21)23-17)14-9-16(20)22-10-15(14)26-2/h3-10H,1-2H3,(H3,21,23,24,25). The summed E-state index contributed by atoms with van der Waals surface area (Å²) in [5.41, 5.74) is 9.02. The van der Waals surface area contributed by atoms with Gasteiger partial charge in [-0.1, -0.05) is 29.3 Å². The van der Waals surface area contributed by atoms with Gasteiger partial charge in [0.05, 0.1) is 13.3 Å². The maximum Gasteiger partial charge on any atom is 0.256 e. The van der Waals surface area contributed by atoms with E-state index in [-0.39, 0.29) is 11.7 Å². The average molecular weight is 369 g/mol. The lowest BCUT2D eigenvalue weighted by molar-refractivity contribution is 0.102. The molecular formula is C19H17ClN4O2. The Morgan fingerprint density at radius 2 is 1.88 bits per heavy atom. The van der Waals surface area contributed by atoms with Gasteiger partial charge in [0.25, 0.3) is 5.91 Å². The van der Waals surface area contributed by atoms with Crippen molar-refractivity contribution < 1.29 is 9.53 Å². The quantitative estimate of drug-likeness (QED) is 0.680. The molecule has 0 aliphatic rings. The Kier molecular flexibility index (Phi) is 5.04. The Labute approximate surface area is 156 Å². The van der Waals surface area contributed by atoms with E-state index in [1.54, 1.807) is 30.3 Å². The Morgan fingerprint density at radius 1 is 1.15 bits per heavy atom. The van der Waals surface area contributed by atoms with E-state index in [9.17, 15) is 4.79 Å². The molecule has 1 amide bonds. The first-order valence-electron chi connectivity index (χ1n) is 7.82. The second kappa shape index (κ2) is 7.41. The number of rotatable bonds is 4. The molecule has 2 aromatic heterocycles. The van der Waals surface area contributed by atoms with Gasteiger partial charge in [0.2, 0.25) is 0 Å². The number of anilines is 2. The number of carbonyl (C=O) groups is 1. The molecule has 6 nitrogen and oxygen atoms in total. The molecule has 3 aromatic rings. The minimum absolute atomic E-state index is 0.243. The molecule has 0 saturated heterocycles. The Balaban J connectivity index is 1.87. The van der Waals surface area contributed by atoms with Crippen LogP contribution >= 0.6 is 11.6 Å². The third-order valence-corrected chi connectivity index (χ3v) is 4.03. The zero-order chi connectivity index (χ0) is 18.7. The predicted molar refractivity (Wildman–Crippen MR) is 103 cm³/mol. The van der Waals surface area contributed by atoms with Crippen molar-refractivity contribution in [1.29, 1.82) is 0 Å². The number of aromatic nitrogens is 2. The van der Waals surface area contributed by atoms with E-state index in [2.05, 4.69) is 15.3 Å². The summed E-state index contributed by atoms with van der Waals surface area (Å²) in [6.45, 7) is 1.96. The zero-order valence-electron chi connectivity index (χ0n) is 14.3. The number of methoxy groups -OCH3 is 1. The van der Waals surface area contributed by atoms with E-state index in [0.29, 0.717) is 33.4 Å². The number of nitrogens with two attached hydrogens (primary N) is 1. The molecular weight excluding hydrogens is 352 g/mol. The molecule has 0 spiro atoms. The molecule has 3 rings (SSSR count). The van der Waals surface area contributed by atoms with Crippen LogP contribution in [0.25, 0.3) is 11.1 Å². The molecule has 1 aromatic carbocycles. The van der Waals surface area contributed by atoms with Crippen molar-refractivity contribution in [2.24, 2.45) is 0 Å². The van der Waals surface area contributed by atoms with Crippen molar-refractivity contribution in [3.05, 3.63) is 64.9 Å². The first-order chi connectivity index (χ1) is 12.5. The van der Waals surface area contributed by atoms with E-state index < -0.39 is 0 Å². The van der Waals surface area contributed by atoms with Gasteiger partial charge >= 0.3 is 0 Å². The van der Waals surface area contributed by atoms with Crippen molar-refractivity contribution in [1.82, 2.24) is 9.97 Å². The van der Waals surface area contributed by atoms with Crippen molar-refractivity contribution in [3.8, 4) is 16.9 Å². The van der Waals surface area contributed by atoms with Crippen LogP contribution in [0.2, 0.25) is 5.15 Å². The summed E-state index contributed by atoms with van der Waals surface area (Å²) in [7, 11) is 1.54. The van der Waals surface area contributed by atoms with Crippen molar-refractivity contribution >= 4 is 29.1 Å². The number of pyridine rings is 2. The predicted octanol–water partition coefficient (Wildman–Crippen LogP) is 3.95. The van der Waals surface area contributed by atoms with E-state index in [1.807, 2.05) is 19.1 Å². The molecule has 0 radical (unpaired) electrons. The summed E-state index contributed by atoms with van der Waals surface area (Å²) in [6.07, 6.45) is 1.52. The summed E-state index contributed by atoms with van der Waals surface area (Å²) in [4.78, 5) is 20.5. The lowest BCUT2D eigenvalue weighted by Crippen LogP contribution is -2.13. The molecule has 2 heterocycles. The van der Waals surface area contributed by atoms with E-state index in [1.165, 1.54) is 13.3 Å². The van der Waals surface area contributed by atoms with Gasteiger partial charge < -0.3 is 15.8 Å². The molecule has 132 valence electrons. The average Bonchev–Trinajstić information content (AvgIpc) is 2.62. The SMILES string of the molecule is COc1cnc(Cl)cc1-c1ccc(NC(=O)c2ccc(C)cc2)nc1N. The largest absolute Gasteiger partial charge is 0.494 e. The fourth-order valence-corrected chi connectivity index (χ4v) is 2.61. The molecule has 0 unspecified atom stereocenters. The van der Waals surface area contributed by atoms with Crippen LogP contribution < -0.4 is 15.8 Å². The first-order valence-corrected chi connectivity index (χ1v) is 8.20. The number of nitrogens with one attached hydrogen (secondary N) is 1. The van der Waals surface area contributed by atoms with Crippen LogP contribution in [0, 0.1) is 6.92 Å². The van der Waals surface area contributed by atoms with E-state index >= 15 is 0 Å². The number of halogens is 1. The molecule has 0 saturated carbocycles. The maximum atomic E-state index is 12.3. The number of nitrogen functional groups attached to an aromatic ring is 1. The summed E-state index contributed by atoms with van der Waals surface area (Å²) in [5.74, 6) is 0.872. The van der Waals surface area contributed by atoms with Gasteiger partial charge in [0.1, 0.15) is 22.5 Å². The number of benzene rings is 1. The van der Waals surface area contributed by atoms with Gasteiger partial charge in [-0.25, -0.2) is 9.97 Å². The number of nitrogens with zero attached hydrogens (tertiary/aromatic N) is 2. The number of hydrogen-bond donors (Lipinski definition) is 2. The number of ether oxygens (including phenoxy) is 1. The summed E-state index contributed by atoms with van der Waals surface area (Å²) in [5, 5.41) is 3.05.